The van der Waals surface area contributed by atoms with Gasteiger partial charge in [0.1, 0.15) is 0 Å². The topological polar surface area (TPSA) is 61.4 Å². The summed E-state index contributed by atoms with van der Waals surface area (Å²) in [6, 6.07) is 0. The Morgan fingerprint density at radius 2 is 1.88 bits per heavy atom. The molecule has 2 N–H and O–H groups in total. The standard InChI is InChI=1S/C10H25N3O2S/c1-4-11-7-6-10-16(14,15)12-8-9-13(3)5-2/h11-12H,4-10H2,1-3H3. The molecule has 0 saturated carbocycles. The molecule has 0 aromatic carbocycles. The summed E-state index contributed by atoms with van der Waals surface area (Å²) >= 11 is 0. The average Bonchev–Trinajstić information content (AvgIpc) is 2.24. The number of nitrogens with zero attached hydrogens (tertiary/aromatic N) is 1. The van der Waals surface area contributed by atoms with Gasteiger partial charge >= 0.3 is 0 Å². The van der Waals surface area contributed by atoms with Crippen LogP contribution in [0.15, 0.2) is 0 Å². The van der Waals surface area contributed by atoms with Crippen molar-refractivity contribution in [3.8, 4) is 0 Å². The van der Waals surface area contributed by atoms with Gasteiger partial charge in [0, 0.05) is 13.1 Å². The summed E-state index contributed by atoms with van der Waals surface area (Å²) in [7, 11) is -1.11. The molecule has 0 spiro atoms. The summed E-state index contributed by atoms with van der Waals surface area (Å²) in [6.45, 7) is 7.87. The molecule has 0 amide bonds. The highest BCUT2D eigenvalue weighted by atomic mass is 32.2. The Hall–Kier alpha value is -0.170. The average molecular weight is 251 g/mol. The lowest BCUT2D eigenvalue weighted by molar-refractivity contribution is 0.358. The van der Waals surface area contributed by atoms with E-state index in [0.717, 1.165) is 26.2 Å². The van der Waals surface area contributed by atoms with E-state index in [2.05, 4.69) is 14.9 Å². The first-order valence-electron chi connectivity index (χ1n) is 5.88. The highest BCUT2D eigenvalue weighted by molar-refractivity contribution is 7.89. The van der Waals surface area contributed by atoms with Crippen LogP contribution in [0.2, 0.25) is 0 Å². The lowest BCUT2D eigenvalue weighted by Gasteiger charge is -2.14. The van der Waals surface area contributed by atoms with Gasteiger partial charge in [-0.3, -0.25) is 0 Å². The van der Waals surface area contributed by atoms with Crippen LogP contribution in [0, 0.1) is 0 Å². The third-order valence-corrected chi connectivity index (χ3v) is 3.84. The number of sulfonamides is 1. The largest absolute Gasteiger partial charge is 0.317 e. The third kappa shape index (κ3) is 9.08. The molecule has 0 aliphatic carbocycles. The maximum atomic E-state index is 11.5. The van der Waals surface area contributed by atoms with Crippen LogP contribution in [-0.4, -0.2) is 58.8 Å². The van der Waals surface area contributed by atoms with E-state index in [1.807, 2.05) is 20.9 Å². The van der Waals surface area contributed by atoms with Crippen LogP contribution in [-0.2, 0) is 10.0 Å². The van der Waals surface area contributed by atoms with Crippen molar-refractivity contribution in [1.82, 2.24) is 14.9 Å². The number of hydrogen-bond acceptors (Lipinski definition) is 4. The number of likely N-dealkylation sites (N-methyl/N-ethyl adjacent to an activating group) is 1. The zero-order valence-corrected chi connectivity index (χ0v) is 11.4. The Labute approximate surface area is 99.6 Å². The number of nitrogens with one attached hydrogen (secondary N) is 2. The fourth-order valence-corrected chi connectivity index (χ4v) is 2.26. The molecule has 5 nitrogen and oxygen atoms in total. The van der Waals surface area contributed by atoms with Crippen LogP contribution < -0.4 is 10.0 Å². The summed E-state index contributed by atoms with van der Waals surface area (Å²) in [4.78, 5) is 2.07. The minimum atomic E-state index is -3.08. The van der Waals surface area contributed by atoms with Crippen LogP contribution in [0.1, 0.15) is 20.3 Å². The predicted octanol–water partition coefficient (Wildman–Crippen LogP) is -0.143. The Morgan fingerprint density at radius 3 is 2.44 bits per heavy atom. The second-order valence-electron chi connectivity index (χ2n) is 3.82. The van der Waals surface area contributed by atoms with Crippen LogP contribution in [0.4, 0.5) is 0 Å². The highest BCUT2D eigenvalue weighted by Crippen LogP contribution is 1.89. The number of hydrogen-bond donors (Lipinski definition) is 2. The van der Waals surface area contributed by atoms with Crippen LogP contribution in [0.5, 0.6) is 0 Å². The maximum absolute atomic E-state index is 11.5. The molecule has 0 heterocycles. The van der Waals surface area contributed by atoms with Crippen molar-refractivity contribution in [1.29, 1.82) is 0 Å². The minimum absolute atomic E-state index is 0.204. The molecule has 0 saturated heterocycles. The lowest BCUT2D eigenvalue weighted by Crippen LogP contribution is -2.34. The molecule has 0 atom stereocenters. The van der Waals surface area contributed by atoms with Crippen molar-refractivity contribution in [2.75, 3.05) is 45.5 Å². The van der Waals surface area contributed by atoms with Gasteiger partial charge in [-0.25, -0.2) is 13.1 Å². The zero-order valence-electron chi connectivity index (χ0n) is 10.6. The van der Waals surface area contributed by atoms with E-state index < -0.39 is 10.0 Å². The van der Waals surface area contributed by atoms with Gasteiger partial charge in [0.2, 0.25) is 10.0 Å². The molecular formula is C10H25N3O2S. The molecular weight excluding hydrogens is 226 g/mol. The summed E-state index contributed by atoms with van der Waals surface area (Å²) in [5.74, 6) is 0.204. The van der Waals surface area contributed by atoms with E-state index >= 15 is 0 Å². The molecule has 0 fully saturated rings. The monoisotopic (exact) mass is 251 g/mol. The first-order valence-corrected chi connectivity index (χ1v) is 7.53. The molecule has 0 aliphatic heterocycles. The summed E-state index contributed by atoms with van der Waals surface area (Å²) in [6.07, 6.45) is 0.660. The molecule has 0 rings (SSSR count). The van der Waals surface area contributed by atoms with Gasteiger partial charge in [0.15, 0.2) is 0 Å². The van der Waals surface area contributed by atoms with Crippen LogP contribution >= 0.6 is 0 Å². The van der Waals surface area contributed by atoms with Crippen LogP contribution in [0.3, 0.4) is 0 Å². The molecule has 6 heteroatoms. The number of rotatable bonds is 10. The third-order valence-electron chi connectivity index (χ3n) is 2.37. The Kier molecular flexibility index (Phi) is 8.83. The molecule has 16 heavy (non-hydrogen) atoms. The first-order chi connectivity index (χ1) is 7.52. The van der Waals surface area contributed by atoms with Crippen molar-refractivity contribution >= 4 is 10.0 Å². The fourth-order valence-electron chi connectivity index (χ4n) is 1.19. The van der Waals surface area contributed by atoms with E-state index in [1.165, 1.54) is 0 Å². The summed E-state index contributed by atoms with van der Waals surface area (Å²) < 4.78 is 25.6. The molecule has 0 aliphatic rings. The van der Waals surface area contributed by atoms with Gasteiger partial charge in [-0.15, -0.1) is 0 Å². The highest BCUT2D eigenvalue weighted by Gasteiger charge is 2.08. The van der Waals surface area contributed by atoms with E-state index in [-0.39, 0.29) is 5.75 Å². The van der Waals surface area contributed by atoms with Gasteiger partial charge in [0.25, 0.3) is 0 Å². The Morgan fingerprint density at radius 1 is 1.19 bits per heavy atom. The molecule has 0 aromatic rings. The van der Waals surface area contributed by atoms with Gasteiger partial charge < -0.3 is 10.2 Å². The summed E-state index contributed by atoms with van der Waals surface area (Å²) in [5.41, 5.74) is 0. The molecule has 0 aromatic heterocycles. The molecule has 0 radical (unpaired) electrons. The SMILES string of the molecule is CCNCCCS(=O)(=O)NCCN(C)CC. The van der Waals surface area contributed by atoms with Crippen molar-refractivity contribution < 1.29 is 8.42 Å². The molecule has 98 valence electrons. The maximum Gasteiger partial charge on any atom is 0.211 e. The molecule has 0 unspecified atom stereocenters. The van der Waals surface area contributed by atoms with E-state index in [4.69, 9.17) is 0 Å². The fraction of sp³-hybridized carbons (Fsp3) is 1.00. The second kappa shape index (κ2) is 8.92. The second-order valence-corrected chi connectivity index (χ2v) is 5.74. The van der Waals surface area contributed by atoms with Gasteiger partial charge in [-0.1, -0.05) is 13.8 Å². The van der Waals surface area contributed by atoms with Gasteiger partial charge in [-0.2, -0.15) is 0 Å². The van der Waals surface area contributed by atoms with Crippen molar-refractivity contribution in [2.24, 2.45) is 0 Å². The molecule has 0 bridgehead atoms. The van der Waals surface area contributed by atoms with Gasteiger partial charge in [-0.05, 0) is 33.1 Å². The smallest absolute Gasteiger partial charge is 0.211 e. The van der Waals surface area contributed by atoms with Crippen molar-refractivity contribution in [3.63, 3.8) is 0 Å². The lowest BCUT2D eigenvalue weighted by atomic mass is 10.5. The van der Waals surface area contributed by atoms with E-state index in [1.54, 1.807) is 0 Å². The zero-order chi connectivity index (χ0) is 12.4. The van der Waals surface area contributed by atoms with Crippen LogP contribution in [0.25, 0.3) is 0 Å². The Bertz CT molecular complexity index is 255. The normalized spacial score (nSPS) is 12.2. The minimum Gasteiger partial charge on any atom is -0.317 e. The Balaban J connectivity index is 3.62. The van der Waals surface area contributed by atoms with E-state index in [9.17, 15) is 8.42 Å². The van der Waals surface area contributed by atoms with E-state index in [0.29, 0.717) is 13.0 Å². The first kappa shape index (κ1) is 15.8. The van der Waals surface area contributed by atoms with Crippen molar-refractivity contribution in [3.05, 3.63) is 0 Å². The predicted molar refractivity (Wildman–Crippen MR) is 68.1 cm³/mol. The summed E-state index contributed by atoms with van der Waals surface area (Å²) in [5, 5.41) is 3.10. The quantitative estimate of drug-likeness (QED) is 0.531. The van der Waals surface area contributed by atoms with Gasteiger partial charge in [0.05, 0.1) is 5.75 Å². The van der Waals surface area contributed by atoms with Crippen molar-refractivity contribution in [2.45, 2.75) is 20.3 Å².